The molecule has 1 heterocycles. The van der Waals surface area contributed by atoms with Gasteiger partial charge in [-0.1, -0.05) is 12.1 Å². The Bertz CT molecular complexity index is 624. The lowest BCUT2D eigenvalue weighted by Crippen LogP contribution is -2.02. The first-order valence-corrected chi connectivity index (χ1v) is 6.06. The second kappa shape index (κ2) is 4.68. The van der Waals surface area contributed by atoms with Gasteiger partial charge in [0.05, 0.1) is 12.4 Å². The molecule has 0 saturated heterocycles. The van der Waals surface area contributed by atoms with E-state index in [0.29, 0.717) is 11.7 Å². The van der Waals surface area contributed by atoms with Crippen molar-refractivity contribution in [2.45, 2.75) is 18.8 Å². The Morgan fingerprint density at radius 3 is 2.79 bits per heavy atom. The van der Waals surface area contributed by atoms with Gasteiger partial charge in [-0.15, -0.1) is 0 Å². The fourth-order valence-corrected chi connectivity index (χ4v) is 1.93. The Kier molecular flexibility index (Phi) is 2.87. The summed E-state index contributed by atoms with van der Waals surface area (Å²) in [4.78, 5) is 11.0. The van der Waals surface area contributed by atoms with Gasteiger partial charge in [0.25, 0.3) is 0 Å². The maximum Gasteiger partial charge on any atom is 0.341 e. The number of benzene rings is 1. The van der Waals surface area contributed by atoms with Crippen LogP contribution in [-0.2, 0) is 0 Å². The zero-order valence-electron chi connectivity index (χ0n) is 10.1. The number of carboxylic acid groups (broad SMARTS) is 1. The highest BCUT2D eigenvalue weighted by atomic mass is 16.5. The summed E-state index contributed by atoms with van der Waals surface area (Å²) in [5, 5.41) is 16.3. The fraction of sp³-hybridized carbons (Fsp3) is 0.214. The van der Waals surface area contributed by atoms with Crippen LogP contribution in [-0.4, -0.2) is 21.3 Å². The molecule has 0 aliphatic heterocycles. The van der Waals surface area contributed by atoms with Crippen molar-refractivity contribution in [3.8, 4) is 11.5 Å². The smallest absolute Gasteiger partial charge is 0.341 e. The zero-order chi connectivity index (χ0) is 13.2. The Hall–Kier alpha value is -2.43. The van der Waals surface area contributed by atoms with Crippen LogP contribution in [0.15, 0.2) is 36.7 Å². The quantitative estimate of drug-likeness (QED) is 0.910. The van der Waals surface area contributed by atoms with Crippen molar-refractivity contribution in [3.63, 3.8) is 0 Å². The third-order valence-corrected chi connectivity index (χ3v) is 3.06. The number of hydrogen-bond acceptors (Lipinski definition) is 4. The van der Waals surface area contributed by atoms with E-state index in [4.69, 9.17) is 9.84 Å². The van der Waals surface area contributed by atoms with Crippen LogP contribution in [0.1, 0.15) is 34.7 Å². The third kappa shape index (κ3) is 2.54. The van der Waals surface area contributed by atoms with Gasteiger partial charge in [0.1, 0.15) is 11.3 Å². The molecule has 0 bridgehead atoms. The second-order valence-corrected chi connectivity index (χ2v) is 4.52. The molecule has 1 saturated carbocycles. The summed E-state index contributed by atoms with van der Waals surface area (Å²) in [5.41, 5.74) is 1.24. The summed E-state index contributed by atoms with van der Waals surface area (Å²) >= 11 is 0. The van der Waals surface area contributed by atoms with Crippen LogP contribution in [0.3, 0.4) is 0 Å². The molecule has 1 aliphatic carbocycles. The summed E-state index contributed by atoms with van der Waals surface area (Å²) in [6.45, 7) is 0. The molecule has 19 heavy (non-hydrogen) atoms. The van der Waals surface area contributed by atoms with E-state index in [0.717, 1.165) is 0 Å². The molecular weight excluding hydrogens is 244 g/mol. The molecule has 5 nitrogen and oxygen atoms in total. The Labute approximate surface area is 109 Å². The maximum absolute atomic E-state index is 11.0. The van der Waals surface area contributed by atoms with Crippen LogP contribution in [0.5, 0.6) is 11.5 Å². The van der Waals surface area contributed by atoms with E-state index in [1.54, 1.807) is 6.07 Å². The van der Waals surface area contributed by atoms with E-state index >= 15 is 0 Å². The lowest BCUT2D eigenvalue weighted by Gasteiger charge is -2.08. The molecule has 5 heteroatoms. The van der Waals surface area contributed by atoms with Crippen LogP contribution < -0.4 is 4.74 Å². The van der Waals surface area contributed by atoms with E-state index in [-0.39, 0.29) is 11.3 Å². The first-order valence-electron chi connectivity index (χ1n) is 6.06. The predicted molar refractivity (Wildman–Crippen MR) is 67.5 cm³/mol. The zero-order valence-corrected chi connectivity index (χ0v) is 10.1. The molecule has 0 unspecified atom stereocenters. The van der Waals surface area contributed by atoms with E-state index < -0.39 is 5.97 Å². The molecular formula is C14H12N2O3. The highest BCUT2D eigenvalue weighted by Gasteiger charge is 2.23. The first-order chi connectivity index (χ1) is 9.24. The van der Waals surface area contributed by atoms with Gasteiger partial charge < -0.3 is 9.84 Å². The second-order valence-electron chi connectivity index (χ2n) is 4.52. The van der Waals surface area contributed by atoms with Gasteiger partial charge in [-0.05, 0) is 36.5 Å². The molecule has 1 fully saturated rings. The van der Waals surface area contributed by atoms with Gasteiger partial charge in [0.2, 0.25) is 0 Å². The van der Waals surface area contributed by atoms with Crippen molar-refractivity contribution >= 4 is 5.97 Å². The molecule has 3 rings (SSSR count). The number of nitrogens with zero attached hydrogens (tertiary/aromatic N) is 2. The molecule has 0 radical (unpaired) electrons. The number of aromatic carboxylic acids is 1. The summed E-state index contributed by atoms with van der Waals surface area (Å²) in [6.07, 6.45) is 4.91. The minimum Gasteiger partial charge on any atom is -0.477 e. The lowest BCUT2D eigenvalue weighted by molar-refractivity contribution is 0.0693. The molecule has 1 aromatic heterocycles. The van der Waals surface area contributed by atoms with Crippen molar-refractivity contribution in [2.75, 3.05) is 0 Å². The third-order valence-electron chi connectivity index (χ3n) is 3.06. The molecule has 96 valence electrons. The van der Waals surface area contributed by atoms with Crippen molar-refractivity contribution in [2.24, 2.45) is 0 Å². The highest BCUT2D eigenvalue weighted by Crippen LogP contribution is 2.41. The Balaban J connectivity index is 1.88. The predicted octanol–water partition coefficient (Wildman–Crippen LogP) is 2.84. The fourth-order valence-electron chi connectivity index (χ4n) is 1.93. The molecule has 1 aliphatic rings. The van der Waals surface area contributed by atoms with Crippen LogP contribution in [0.2, 0.25) is 0 Å². The SMILES string of the molecule is O=C(O)c1cnncc1Oc1cccc(C2CC2)c1. The summed E-state index contributed by atoms with van der Waals surface area (Å²) in [6, 6.07) is 7.73. The largest absolute Gasteiger partial charge is 0.477 e. The number of carbonyl (C=O) groups is 1. The van der Waals surface area contributed by atoms with Crippen molar-refractivity contribution in [1.29, 1.82) is 0 Å². The van der Waals surface area contributed by atoms with Gasteiger partial charge in [0, 0.05) is 0 Å². The average Bonchev–Trinajstić information content (AvgIpc) is 3.24. The summed E-state index contributed by atoms with van der Waals surface area (Å²) in [7, 11) is 0. The lowest BCUT2D eigenvalue weighted by atomic mass is 10.1. The molecule has 0 amide bonds. The monoisotopic (exact) mass is 256 g/mol. The Morgan fingerprint density at radius 2 is 2.05 bits per heavy atom. The van der Waals surface area contributed by atoms with E-state index in [9.17, 15) is 4.79 Å². The topological polar surface area (TPSA) is 72.3 Å². The van der Waals surface area contributed by atoms with Crippen LogP contribution in [0, 0.1) is 0 Å². The van der Waals surface area contributed by atoms with E-state index in [2.05, 4.69) is 16.3 Å². The van der Waals surface area contributed by atoms with Gasteiger partial charge in [-0.2, -0.15) is 10.2 Å². The van der Waals surface area contributed by atoms with Gasteiger partial charge in [-0.3, -0.25) is 0 Å². The number of carboxylic acids is 1. The maximum atomic E-state index is 11.0. The molecule has 1 N–H and O–H groups in total. The standard InChI is InChI=1S/C14H12N2O3/c17-14(18)12-7-15-16-8-13(12)19-11-3-1-2-10(6-11)9-4-5-9/h1-3,6-9H,4-5H2,(H,17,18). The van der Waals surface area contributed by atoms with Gasteiger partial charge in [-0.25, -0.2) is 4.79 Å². The van der Waals surface area contributed by atoms with Crippen LogP contribution >= 0.6 is 0 Å². The normalized spacial score (nSPS) is 14.1. The molecule has 2 aromatic rings. The van der Waals surface area contributed by atoms with Crippen LogP contribution in [0.4, 0.5) is 0 Å². The number of rotatable bonds is 4. The summed E-state index contributed by atoms with van der Waals surface area (Å²) < 4.78 is 5.61. The van der Waals surface area contributed by atoms with Crippen LogP contribution in [0.25, 0.3) is 0 Å². The number of hydrogen-bond donors (Lipinski definition) is 1. The van der Waals surface area contributed by atoms with E-state index in [1.165, 1.54) is 30.8 Å². The minimum atomic E-state index is -1.08. The Morgan fingerprint density at radius 1 is 1.26 bits per heavy atom. The number of aromatic nitrogens is 2. The first kappa shape index (κ1) is 11.6. The molecule has 0 atom stereocenters. The van der Waals surface area contributed by atoms with Crippen molar-refractivity contribution < 1.29 is 14.6 Å². The van der Waals surface area contributed by atoms with Gasteiger partial charge in [0.15, 0.2) is 5.75 Å². The average molecular weight is 256 g/mol. The van der Waals surface area contributed by atoms with Crippen molar-refractivity contribution in [3.05, 3.63) is 47.8 Å². The van der Waals surface area contributed by atoms with Crippen molar-refractivity contribution in [1.82, 2.24) is 10.2 Å². The number of ether oxygens (including phenoxy) is 1. The highest BCUT2D eigenvalue weighted by molar-refractivity contribution is 5.90. The summed E-state index contributed by atoms with van der Waals surface area (Å²) in [5.74, 6) is 0.372. The minimum absolute atomic E-state index is 0.00632. The molecule has 1 aromatic carbocycles. The van der Waals surface area contributed by atoms with Gasteiger partial charge >= 0.3 is 5.97 Å². The van der Waals surface area contributed by atoms with E-state index in [1.807, 2.05) is 12.1 Å². The molecule has 0 spiro atoms.